The van der Waals surface area contributed by atoms with Gasteiger partial charge in [0.05, 0.1) is 5.75 Å². The molecule has 0 radical (unpaired) electrons. The van der Waals surface area contributed by atoms with Gasteiger partial charge in [0, 0.05) is 18.8 Å². The highest BCUT2D eigenvalue weighted by Crippen LogP contribution is 2.13. The summed E-state index contributed by atoms with van der Waals surface area (Å²) in [4.78, 5) is 0. The van der Waals surface area contributed by atoms with Crippen LogP contribution in [0.4, 0.5) is 0 Å². The zero-order valence-electron chi connectivity index (χ0n) is 10.0. The third-order valence-corrected chi connectivity index (χ3v) is 3.41. The van der Waals surface area contributed by atoms with Crippen LogP contribution in [0.25, 0.3) is 0 Å². The summed E-state index contributed by atoms with van der Waals surface area (Å²) in [5.41, 5.74) is 2.41. The van der Waals surface area contributed by atoms with Crippen LogP contribution in [0.15, 0.2) is 24.3 Å². The minimum Gasteiger partial charge on any atom is -0.309 e. The molecule has 0 saturated carbocycles. The van der Waals surface area contributed by atoms with E-state index in [1.807, 2.05) is 32.0 Å². The molecule has 1 aromatic rings. The third kappa shape index (κ3) is 4.77. The Bertz CT molecular complexity index is 440. The molecule has 0 saturated heterocycles. The van der Waals surface area contributed by atoms with Gasteiger partial charge in [-0.2, -0.15) is 0 Å². The monoisotopic (exact) mass is 241 g/mol. The Morgan fingerprint density at radius 2 is 2.06 bits per heavy atom. The second kappa shape index (κ2) is 5.46. The van der Waals surface area contributed by atoms with E-state index >= 15 is 0 Å². The summed E-state index contributed by atoms with van der Waals surface area (Å²) < 4.78 is 21.9. The van der Waals surface area contributed by atoms with E-state index < -0.39 is 9.84 Å². The van der Waals surface area contributed by atoms with E-state index in [2.05, 4.69) is 11.4 Å². The van der Waals surface area contributed by atoms with Gasteiger partial charge in [0.15, 0.2) is 0 Å². The van der Waals surface area contributed by atoms with Gasteiger partial charge in [-0.05, 0) is 19.4 Å². The van der Waals surface area contributed by atoms with E-state index in [0.29, 0.717) is 6.54 Å². The molecule has 1 rings (SSSR count). The highest BCUT2D eigenvalue weighted by molar-refractivity contribution is 7.90. The van der Waals surface area contributed by atoms with Crippen molar-refractivity contribution in [3.05, 3.63) is 35.4 Å². The Morgan fingerprint density at radius 1 is 1.38 bits per heavy atom. The number of rotatable bonds is 5. The van der Waals surface area contributed by atoms with E-state index in [1.54, 1.807) is 0 Å². The first-order valence-electron chi connectivity index (χ1n) is 5.36. The summed E-state index contributed by atoms with van der Waals surface area (Å²) in [6.07, 6.45) is 1.26. The predicted molar refractivity (Wildman–Crippen MR) is 67.3 cm³/mol. The van der Waals surface area contributed by atoms with Gasteiger partial charge in [-0.25, -0.2) is 8.42 Å². The molecule has 1 N–H and O–H groups in total. The van der Waals surface area contributed by atoms with Gasteiger partial charge in [0.1, 0.15) is 9.84 Å². The van der Waals surface area contributed by atoms with Crippen LogP contribution in [0.5, 0.6) is 0 Å². The maximum Gasteiger partial charge on any atom is 0.148 e. The van der Waals surface area contributed by atoms with Crippen LogP contribution in [0.1, 0.15) is 24.1 Å². The van der Waals surface area contributed by atoms with Crippen molar-refractivity contribution >= 4 is 9.84 Å². The third-order valence-electron chi connectivity index (χ3n) is 2.47. The van der Waals surface area contributed by atoms with Crippen molar-refractivity contribution in [3.63, 3.8) is 0 Å². The highest BCUT2D eigenvalue weighted by atomic mass is 32.2. The number of benzene rings is 1. The van der Waals surface area contributed by atoms with Crippen LogP contribution in [-0.4, -0.2) is 27.0 Å². The summed E-state index contributed by atoms with van der Waals surface area (Å²) in [5, 5.41) is 3.20. The largest absolute Gasteiger partial charge is 0.309 e. The Hall–Kier alpha value is -0.870. The number of hydrogen-bond acceptors (Lipinski definition) is 3. The molecule has 0 aliphatic rings. The van der Waals surface area contributed by atoms with Crippen molar-refractivity contribution in [2.75, 3.05) is 18.6 Å². The second-order valence-corrected chi connectivity index (χ2v) is 6.48. The van der Waals surface area contributed by atoms with Crippen LogP contribution in [0, 0.1) is 6.92 Å². The smallest absolute Gasteiger partial charge is 0.148 e. The normalized spacial score (nSPS) is 13.7. The molecule has 16 heavy (non-hydrogen) atoms. The first-order valence-corrected chi connectivity index (χ1v) is 7.42. The van der Waals surface area contributed by atoms with Crippen molar-refractivity contribution in [2.24, 2.45) is 0 Å². The zero-order valence-corrected chi connectivity index (χ0v) is 10.8. The Kier molecular flexibility index (Phi) is 4.50. The standard InChI is InChI=1S/C12H19NO2S/c1-10-5-4-6-12(9-10)11(2)13-7-8-16(3,14)15/h4-6,9,11,13H,7-8H2,1-3H3/t11-/m0/s1. The van der Waals surface area contributed by atoms with Gasteiger partial charge in [0.25, 0.3) is 0 Å². The van der Waals surface area contributed by atoms with Crippen molar-refractivity contribution in [1.29, 1.82) is 0 Å². The maximum atomic E-state index is 11.0. The molecular weight excluding hydrogens is 222 g/mol. The SMILES string of the molecule is Cc1cccc([C@H](C)NCCS(C)(=O)=O)c1. The van der Waals surface area contributed by atoms with Crippen molar-refractivity contribution in [1.82, 2.24) is 5.32 Å². The lowest BCUT2D eigenvalue weighted by Crippen LogP contribution is -2.25. The Labute approximate surface area is 97.8 Å². The lowest BCUT2D eigenvalue weighted by Gasteiger charge is -2.14. The van der Waals surface area contributed by atoms with Gasteiger partial charge in [-0.15, -0.1) is 0 Å². The lowest BCUT2D eigenvalue weighted by atomic mass is 10.1. The topological polar surface area (TPSA) is 46.2 Å². The van der Waals surface area contributed by atoms with Gasteiger partial charge in [-0.1, -0.05) is 29.8 Å². The number of sulfone groups is 1. The van der Waals surface area contributed by atoms with Gasteiger partial charge in [0.2, 0.25) is 0 Å². The van der Waals surface area contributed by atoms with Crippen molar-refractivity contribution < 1.29 is 8.42 Å². The van der Waals surface area contributed by atoms with Crippen LogP contribution < -0.4 is 5.32 Å². The van der Waals surface area contributed by atoms with E-state index in [1.165, 1.54) is 17.4 Å². The highest BCUT2D eigenvalue weighted by Gasteiger charge is 2.06. The van der Waals surface area contributed by atoms with Crippen LogP contribution in [0.2, 0.25) is 0 Å². The second-order valence-electron chi connectivity index (χ2n) is 4.22. The zero-order chi connectivity index (χ0) is 12.2. The summed E-state index contributed by atoms with van der Waals surface area (Å²) in [7, 11) is -2.87. The Morgan fingerprint density at radius 3 is 2.62 bits per heavy atom. The molecule has 0 spiro atoms. The molecule has 1 aromatic carbocycles. The molecule has 0 aromatic heterocycles. The fraction of sp³-hybridized carbons (Fsp3) is 0.500. The van der Waals surface area contributed by atoms with Gasteiger partial charge >= 0.3 is 0 Å². The molecule has 0 aliphatic heterocycles. The summed E-state index contributed by atoms with van der Waals surface area (Å²) >= 11 is 0. The molecule has 4 heteroatoms. The minimum absolute atomic E-state index is 0.182. The van der Waals surface area contributed by atoms with Crippen molar-refractivity contribution in [3.8, 4) is 0 Å². The van der Waals surface area contributed by atoms with Crippen LogP contribution in [-0.2, 0) is 9.84 Å². The first-order chi connectivity index (χ1) is 7.38. The lowest BCUT2D eigenvalue weighted by molar-refractivity contribution is 0.575. The number of aryl methyl sites for hydroxylation is 1. The van der Waals surface area contributed by atoms with Crippen LogP contribution in [0.3, 0.4) is 0 Å². The molecule has 0 aliphatic carbocycles. The molecule has 0 amide bonds. The van der Waals surface area contributed by atoms with E-state index in [0.717, 1.165) is 0 Å². The maximum absolute atomic E-state index is 11.0. The molecule has 0 heterocycles. The molecule has 90 valence electrons. The summed E-state index contributed by atoms with van der Waals surface area (Å²) in [5.74, 6) is 0.184. The predicted octanol–water partition coefficient (Wildman–Crippen LogP) is 1.69. The summed E-state index contributed by atoms with van der Waals surface area (Å²) in [6, 6.07) is 8.40. The molecule has 0 fully saturated rings. The average Bonchev–Trinajstić information content (AvgIpc) is 2.15. The Balaban J connectivity index is 2.50. The molecule has 1 atom stereocenters. The molecule has 0 unspecified atom stereocenters. The van der Waals surface area contributed by atoms with Crippen LogP contribution >= 0.6 is 0 Å². The minimum atomic E-state index is -2.87. The van der Waals surface area contributed by atoms with Crippen molar-refractivity contribution in [2.45, 2.75) is 19.9 Å². The van der Waals surface area contributed by atoms with Gasteiger partial charge in [-0.3, -0.25) is 0 Å². The van der Waals surface area contributed by atoms with E-state index in [9.17, 15) is 8.42 Å². The van der Waals surface area contributed by atoms with E-state index in [4.69, 9.17) is 0 Å². The van der Waals surface area contributed by atoms with E-state index in [-0.39, 0.29) is 11.8 Å². The first kappa shape index (κ1) is 13.2. The quantitative estimate of drug-likeness (QED) is 0.853. The average molecular weight is 241 g/mol. The number of hydrogen-bond donors (Lipinski definition) is 1. The fourth-order valence-electron chi connectivity index (χ4n) is 1.52. The molecule has 3 nitrogen and oxygen atoms in total. The fourth-order valence-corrected chi connectivity index (χ4v) is 2.01. The van der Waals surface area contributed by atoms with Gasteiger partial charge < -0.3 is 5.32 Å². The summed E-state index contributed by atoms with van der Waals surface area (Å²) in [6.45, 7) is 4.58. The molecule has 0 bridgehead atoms. The number of nitrogens with one attached hydrogen (secondary N) is 1. The molecular formula is C12H19NO2S.